The van der Waals surface area contributed by atoms with Crippen molar-refractivity contribution in [1.29, 1.82) is 0 Å². The van der Waals surface area contributed by atoms with Gasteiger partial charge in [-0.15, -0.1) is 0 Å². The van der Waals surface area contributed by atoms with E-state index in [4.69, 9.17) is 4.74 Å². The van der Waals surface area contributed by atoms with Gasteiger partial charge in [-0.1, -0.05) is 6.07 Å². The molecule has 2 rings (SSSR count). The molecule has 2 heterocycles. The minimum Gasteiger partial charge on any atom is -0.478 e. The van der Waals surface area contributed by atoms with Crippen molar-refractivity contribution < 1.29 is 4.74 Å². The molecule has 0 bridgehead atoms. The summed E-state index contributed by atoms with van der Waals surface area (Å²) in [5, 5.41) is 6.21. The highest BCUT2D eigenvalue weighted by atomic mass is 16.5. The Hall–Kier alpha value is -2.21. The van der Waals surface area contributed by atoms with E-state index in [9.17, 15) is 0 Å². The van der Waals surface area contributed by atoms with Gasteiger partial charge in [0.2, 0.25) is 11.8 Å². The van der Waals surface area contributed by atoms with E-state index in [1.165, 1.54) is 0 Å². The summed E-state index contributed by atoms with van der Waals surface area (Å²) in [6, 6.07) is 5.64. The smallest absolute Gasteiger partial charge is 0.222 e. The third-order valence-electron chi connectivity index (χ3n) is 2.64. The molecule has 6 nitrogen and oxygen atoms in total. The Labute approximate surface area is 118 Å². The molecule has 0 radical (unpaired) electrons. The zero-order valence-corrected chi connectivity index (χ0v) is 11.5. The summed E-state index contributed by atoms with van der Waals surface area (Å²) in [5.74, 6) is 1.31. The maximum Gasteiger partial charge on any atom is 0.222 e. The average Bonchev–Trinajstić information content (AvgIpc) is 2.52. The van der Waals surface area contributed by atoms with Crippen LogP contribution in [-0.2, 0) is 6.54 Å². The highest BCUT2D eigenvalue weighted by Gasteiger charge is 1.96. The molecule has 0 fully saturated rings. The molecule has 106 valence electrons. The van der Waals surface area contributed by atoms with Crippen molar-refractivity contribution in [3.05, 3.63) is 42.4 Å². The molecule has 20 heavy (non-hydrogen) atoms. The van der Waals surface area contributed by atoms with Crippen LogP contribution in [0.15, 0.2) is 36.8 Å². The zero-order valence-electron chi connectivity index (χ0n) is 11.5. The van der Waals surface area contributed by atoms with Crippen molar-refractivity contribution in [2.45, 2.75) is 13.0 Å². The number of anilines is 1. The number of hydrogen-bond donors (Lipinski definition) is 2. The zero-order chi connectivity index (χ0) is 14.0. The second kappa shape index (κ2) is 8.06. The fourth-order valence-electron chi connectivity index (χ4n) is 1.61. The van der Waals surface area contributed by atoms with Crippen molar-refractivity contribution in [3.8, 4) is 5.88 Å². The standard InChI is InChI=1S/C14H19N5O/c1-15-14-18-10-12(11-19-14)9-16-6-4-8-20-13-5-2-3-7-17-13/h2-3,5,7,10-11,16H,4,6,8-9H2,1H3,(H,15,18,19). The van der Waals surface area contributed by atoms with E-state index in [0.29, 0.717) is 18.4 Å². The van der Waals surface area contributed by atoms with Gasteiger partial charge in [-0.05, 0) is 19.0 Å². The molecule has 0 aliphatic carbocycles. The fraction of sp³-hybridized carbons (Fsp3) is 0.357. The van der Waals surface area contributed by atoms with Crippen molar-refractivity contribution in [1.82, 2.24) is 20.3 Å². The van der Waals surface area contributed by atoms with Crippen molar-refractivity contribution in [2.75, 3.05) is 25.5 Å². The lowest BCUT2D eigenvalue weighted by Crippen LogP contribution is -2.17. The maximum atomic E-state index is 5.50. The molecule has 0 aromatic carbocycles. The quantitative estimate of drug-likeness (QED) is 0.710. The first kappa shape index (κ1) is 14.2. The lowest BCUT2D eigenvalue weighted by molar-refractivity contribution is 0.296. The van der Waals surface area contributed by atoms with Crippen LogP contribution in [0.1, 0.15) is 12.0 Å². The largest absolute Gasteiger partial charge is 0.478 e. The summed E-state index contributed by atoms with van der Waals surface area (Å²) < 4.78 is 5.50. The first-order valence-electron chi connectivity index (χ1n) is 6.61. The van der Waals surface area contributed by atoms with Crippen LogP contribution in [0.4, 0.5) is 5.95 Å². The van der Waals surface area contributed by atoms with Gasteiger partial charge in [0, 0.05) is 43.8 Å². The van der Waals surface area contributed by atoms with Crippen molar-refractivity contribution in [3.63, 3.8) is 0 Å². The van der Waals surface area contributed by atoms with E-state index >= 15 is 0 Å². The van der Waals surface area contributed by atoms with E-state index in [0.717, 1.165) is 25.1 Å². The third-order valence-corrected chi connectivity index (χ3v) is 2.64. The van der Waals surface area contributed by atoms with Gasteiger partial charge in [0.05, 0.1) is 6.61 Å². The molecular weight excluding hydrogens is 254 g/mol. The third kappa shape index (κ3) is 4.81. The van der Waals surface area contributed by atoms with Crippen LogP contribution in [0.2, 0.25) is 0 Å². The van der Waals surface area contributed by atoms with Crippen LogP contribution in [0.5, 0.6) is 5.88 Å². The molecule has 0 amide bonds. The van der Waals surface area contributed by atoms with Gasteiger partial charge in [-0.3, -0.25) is 0 Å². The molecule has 0 unspecified atom stereocenters. The summed E-state index contributed by atoms with van der Waals surface area (Å²) in [6.45, 7) is 2.29. The second-order valence-electron chi connectivity index (χ2n) is 4.21. The molecule has 2 aromatic heterocycles. The maximum absolute atomic E-state index is 5.50. The molecular formula is C14H19N5O. The number of nitrogens with one attached hydrogen (secondary N) is 2. The van der Waals surface area contributed by atoms with Crippen molar-refractivity contribution >= 4 is 5.95 Å². The normalized spacial score (nSPS) is 10.2. The van der Waals surface area contributed by atoms with Gasteiger partial charge in [0.25, 0.3) is 0 Å². The number of ether oxygens (including phenoxy) is 1. The van der Waals surface area contributed by atoms with Gasteiger partial charge in [-0.2, -0.15) is 0 Å². The lowest BCUT2D eigenvalue weighted by atomic mass is 10.3. The van der Waals surface area contributed by atoms with Crippen LogP contribution >= 0.6 is 0 Å². The summed E-state index contributed by atoms with van der Waals surface area (Å²) in [5.41, 5.74) is 1.06. The van der Waals surface area contributed by atoms with Gasteiger partial charge in [-0.25, -0.2) is 15.0 Å². The highest BCUT2D eigenvalue weighted by Crippen LogP contribution is 2.03. The lowest BCUT2D eigenvalue weighted by Gasteiger charge is -2.06. The number of rotatable bonds is 8. The van der Waals surface area contributed by atoms with Crippen LogP contribution < -0.4 is 15.4 Å². The Morgan fingerprint density at radius 2 is 2.00 bits per heavy atom. The van der Waals surface area contributed by atoms with Gasteiger partial charge < -0.3 is 15.4 Å². The number of pyridine rings is 1. The van der Waals surface area contributed by atoms with Gasteiger partial charge in [0.1, 0.15) is 0 Å². The highest BCUT2D eigenvalue weighted by molar-refractivity contribution is 5.22. The number of nitrogens with zero attached hydrogens (tertiary/aromatic N) is 3. The topological polar surface area (TPSA) is 72.0 Å². The van der Waals surface area contributed by atoms with E-state index in [1.54, 1.807) is 13.2 Å². The molecule has 2 aromatic rings. The fourth-order valence-corrected chi connectivity index (χ4v) is 1.61. The number of aromatic nitrogens is 3. The Bertz CT molecular complexity index is 489. The second-order valence-corrected chi connectivity index (χ2v) is 4.21. The predicted molar refractivity (Wildman–Crippen MR) is 77.6 cm³/mol. The molecule has 0 atom stereocenters. The molecule has 2 N–H and O–H groups in total. The first-order valence-corrected chi connectivity index (χ1v) is 6.61. The van der Waals surface area contributed by atoms with Crippen LogP contribution in [0.25, 0.3) is 0 Å². The van der Waals surface area contributed by atoms with E-state index in [-0.39, 0.29) is 0 Å². The predicted octanol–water partition coefficient (Wildman–Crippen LogP) is 1.47. The first-order chi connectivity index (χ1) is 9.88. The molecule has 0 saturated heterocycles. The summed E-state index contributed by atoms with van der Waals surface area (Å²) >= 11 is 0. The molecule has 0 aliphatic heterocycles. The summed E-state index contributed by atoms with van der Waals surface area (Å²) in [6.07, 6.45) is 6.28. The minimum absolute atomic E-state index is 0.637. The average molecular weight is 273 g/mol. The van der Waals surface area contributed by atoms with Crippen LogP contribution in [0.3, 0.4) is 0 Å². The van der Waals surface area contributed by atoms with Gasteiger partial charge >= 0.3 is 0 Å². The summed E-state index contributed by atoms with van der Waals surface area (Å²) in [7, 11) is 1.80. The van der Waals surface area contributed by atoms with Gasteiger partial charge in [0.15, 0.2) is 0 Å². The Morgan fingerprint density at radius 3 is 2.70 bits per heavy atom. The van der Waals surface area contributed by atoms with Crippen LogP contribution in [-0.4, -0.2) is 35.2 Å². The summed E-state index contributed by atoms with van der Waals surface area (Å²) in [4.78, 5) is 12.4. The number of hydrogen-bond acceptors (Lipinski definition) is 6. The Balaban J connectivity index is 1.57. The molecule has 0 saturated carbocycles. The van der Waals surface area contributed by atoms with Crippen LogP contribution in [0, 0.1) is 0 Å². The van der Waals surface area contributed by atoms with E-state index < -0.39 is 0 Å². The molecule has 6 heteroatoms. The SMILES string of the molecule is CNc1ncc(CNCCCOc2ccccn2)cn1. The molecule has 0 spiro atoms. The Kier molecular flexibility index (Phi) is 5.72. The van der Waals surface area contributed by atoms with Crippen molar-refractivity contribution in [2.24, 2.45) is 0 Å². The minimum atomic E-state index is 0.637. The van der Waals surface area contributed by atoms with E-state index in [2.05, 4.69) is 25.6 Å². The van der Waals surface area contributed by atoms with E-state index in [1.807, 2.05) is 30.6 Å². The monoisotopic (exact) mass is 273 g/mol. The Morgan fingerprint density at radius 1 is 1.15 bits per heavy atom. The molecule has 0 aliphatic rings.